The molecule has 1 heterocycles. The van der Waals surface area contributed by atoms with E-state index >= 15 is 0 Å². The number of amides is 1. The Balaban J connectivity index is 1.75. The minimum atomic E-state index is -0.465. The van der Waals surface area contributed by atoms with Gasteiger partial charge in [0.05, 0.1) is 18.1 Å². The number of hydrogen-bond acceptors (Lipinski definition) is 5. The van der Waals surface area contributed by atoms with Gasteiger partial charge in [0.1, 0.15) is 0 Å². The van der Waals surface area contributed by atoms with Crippen molar-refractivity contribution in [1.29, 1.82) is 0 Å². The molecular weight excluding hydrogens is 430 g/mol. The van der Waals surface area contributed by atoms with Crippen LogP contribution < -0.4 is 10.9 Å². The number of rotatable bonds is 7. The van der Waals surface area contributed by atoms with E-state index in [4.69, 9.17) is 4.74 Å². The quantitative estimate of drug-likeness (QED) is 0.250. The largest absolute Gasteiger partial charge is 0.465 e. The van der Waals surface area contributed by atoms with E-state index in [0.29, 0.717) is 39.2 Å². The van der Waals surface area contributed by atoms with Gasteiger partial charge in [-0.3, -0.25) is 9.59 Å². The van der Waals surface area contributed by atoms with Crippen LogP contribution in [0, 0.1) is 0 Å². The van der Waals surface area contributed by atoms with E-state index in [1.807, 2.05) is 50.5 Å². The molecule has 2 N–H and O–H groups in total. The molecule has 0 radical (unpaired) electrons. The third kappa shape index (κ3) is 4.70. The SMILES string of the molecule is COC(=O)c1cc2cc[nH]c(=O)c2c2cc(-c3cccc(C(=O)NCCCN(C)C)c3)ccc12. The van der Waals surface area contributed by atoms with Gasteiger partial charge in [-0.05, 0) is 84.7 Å². The topological polar surface area (TPSA) is 91.5 Å². The summed E-state index contributed by atoms with van der Waals surface area (Å²) in [5.74, 6) is -0.593. The molecule has 0 fully saturated rings. The lowest BCUT2D eigenvalue weighted by Crippen LogP contribution is -2.27. The second-order valence-corrected chi connectivity index (χ2v) is 8.44. The Hall–Kier alpha value is -3.97. The van der Waals surface area contributed by atoms with Crippen LogP contribution in [-0.2, 0) is 4.74 Å². The van der Waals surface area contributed by atoms with Gasteiger partial charge in [0.25, 0.3) is 11.5 Å². The van der Waals surface area contributed by atoms with Crippen LogP contribution in [0.5, 0.6) is 0 Å². The van der Waals surface area contributed by atoms with Crippen LogP contribution in [0.1, 0.15) is 27.1 Å². The molecule has 4 rings (SSSR count). The predicted octanol–water partition coefficient (Wildman–Crippen LogP) is 3.82. The van der Waals surface area contributed by atoms with Crippen molar-refractivity contribution >= 4 is 33.4 Å². The summed E-state index contributed by atoms with van der Waals surface area (Å²) in [6, 6.07) is 16.4. The average Bonchev–Trinajstić information content (AvgIpc) is 2.85. The third-order valence-electron chi connectivity index (χ3n) is 5.80. The number of nitrogens with one attached hydrogen (secondary N) is 2. The Bertz CT molecular complexity index is 1440. The van der Waals surface area contributed by atoms with Crippen molar-refractivity contribution in [2.24, 2.45) is 0 Å². The third-order valence-corrected chi connectivity index (χ3v) is 5.80. The lowest BCUT2D eigenvalue weighted by atomic mass is 9.94. The molecule has 0 spiro atoms. The molecular formula is C27H27N3O4. The van der Waals surface area contributed by atoms with Crippen LogP contribution in [0.2, 0.25) is 0 Å². The number of nitrogens with zero attached hydrogens (tertiary/aromatic N) is 1. The Labute approximate surface area is 197 Å². The normalized spacial score (nSPS) is 11.2. The fraction of sp³-hybridized carbons (Fsp3) is 0.222. The maximum atomic E-state index is 12.7. The highest BCUT2D eigenvalue weighted by Gasteiger charge is 2.16. The first-order chi connectivity index (χ1) is 16.4. The standard InChI is InChI=1S/C27H27N3O4/c1-30(2)13-5-11-28-25(31)20-7-4-6-17(14-20)18-8-9-21-22(15-18)24-19(10-12-29-26(24)32)16-23(21)27(33)34-3/h4,6-10,12,14-16H,5,11,13H2,1-3H3,(H,28,31)(H,29,32). The number of ether oxygens (including phenoxy) is 1. The number of fused-ring (bicyclic) bond motifs is 3. The van der Waals surface area contributed by atoms with Gasteiger partial charge >= 0.3 is 5.97 Å². The first-order valence-corrected chi connectivity index (χ1v) is 11.1. The maximum absolute atomic E-state index is 12.7. The van der Waals surface area contributed by atoms with Crippen LogP contribution in [0.4, 0.5) is 0 Å². The monoisotopic (exact) mass is 457 g/mol. The van der Waals surface area contributed by atoms with Crippen molar-refractivity contribution in [1.82, 2.24) is 15.2 Å². The van der Waals surface area contributed by atoms with Crippen LogP contribution in [0.15, 0.2) is 65.6 Å². The van der Waals surface area contributed by atoms with Gasteiger partial charge in [0.2, 0.25) is 0 Å². The van der Waals surface area contributed by atoms with Gasteiger partial charge < -0.3 is 19.9 Å². The number of carbonyl (C=O) groups excluding carboxylic acids is 2. The molecule has 174 valence electrons. The second-order valence-electron chi connectivity index (χ2n) is 8.44. The van der Waals surface area contributed by atoms with E-state index in [1.165, 1.54) is 7.11 Å². The zero-order valence-corrected chi connectivity index (χ0v) is 19.5. The number of esters is 1. The van der Waals surface area contributed by atoms with Crippen LogP contribution in [0.25, 0.3) is 32.7 Å². The van der Waals surface area contributed by atoms with E-state index in [2.05, 4.69) is 15.2 Å². The second kappa shape index (κ2) is 9.89. The highest BCUT2D eigenvalue weighted by Crippen LogP contribution is 2.31. The molecule has 4 aromatic rings. The predicted molar refractivity (Wildman–Crippen MR) is 134 cm³/mol. The number of pyridine rings is 1. The van der Waals surface area contributed by atoms with Crippen LogP contribution in [-0.4, -0.2) is 56.1 Å². The molecule has 7 nitrogen and oxygen atoms in total. The molecule has 1 aromatic heterocycles. The fourth-order valence-electron chi connectivity index (χ4n) is 4.11. The van der Waals surface area contributed by atoms with Crippen molar-refractivity contribution in [3.63, 3.8) is 0 Å². The van der Waals surface area contributed by atoms with Crippen LogP contribution >= 0.6 is 0 Å². The molecule has 3 aromatic carbocycles. The number of H-pyrrole nitrogens is 1. The highest BCUT2D eigenvalue weighted by atomic mass is 16.5. The highest BCUT2D eigenvalue weighted by molar-refractivity contribution is 6.16. The summed E-state index contributed by atoms with van der Waals surface area (Å²) in [4.78, 5) is 42.5. The van der Waals surface area contributed by atoms with Crippen molar-refractivity contribution in [3.8, 4) is 11.1 Å². The van der Waals surface area contributed by atoms with E-state index in [-0.39, 0.29) is 11.5 Å². The molecule has 1 amide bonds. The van der Waals surface area contributed by atoms with Crippen molar-refractivity contribution in [2.45, 2.75) is 6.42 Å². The van der Waals surface area contributed by atoms with Gasteiger partial charge in [-0.2, -0.15) is 0 Å². The average molecular weight is 458 g/mol. The first kappa shape index (κ1) is 23.2. The lowest BCUT2D eigenvalue weighted by Gasteiger charge is -2.12. The molecule has 7 heteroatoms. The molecule has 0 unspecified atom stereocenters. The van der Waals surface area contributed by atoms with E-state index < -0.39 is 5.97 Å². The number of aromatic amines is 1. The summed E-state index contributed by atoms with van der Waals surface area (Å²) in [6.45, 7) is 1.50. The Kier molecular flexibility index (Phi) is 6.75. The van der Waals surface area contributed by atoms with E-state index in [0.717, 1.165) is 24.1 Å². The molecule has 0 bridgehead atoms. The zero-order chi connectivity index (χ0) is 24.2. The molecule has 0 saturated carbocycles. The summed E-state index contributed by atoms with van der Waals surface area (Å²) >= 11 is 0. The summed E-state index contributed by atoms with van der Waals surface area (Å²) in [6.07, 6.45) is 2.43. The molecule has 0 saturated heterocycles. The molecule has 0 atom stereocenters. The van der Waals surface area contributed by atoms with E-state index in [1.54, 1.807) is 24.4 Å². The summed E-state index contributed by atoms with van der Waals surface area (Å²) in [5, 5.41) is 5.40. The van der Waals surface area contributed by atoms with E-state index in [9.17, 15) is 14.4 Å². The molecule has 0 aliphatic carbocycles. The fourth-order valence-corrected chi connectivity index (χ4v) is 4.11. The smallest absolute Gasteiger partial charge is 0.338 e. The molecule has 0 aliphatic heterocycles. The summed E-state index contributed by atoms with van der Waals surface area (Å²) < 4.78 is 4.96. The minimum Gasteiger partial charge on any atom is -0.465 e. The van der Waals surface area contributed by atoms with Crippen molar-refractivity contribution in [2.75, 3.05) is 34.3 Å². The first-order valence-electron chi connectivity index (χ1n) is 11.1. The number of aromatic nitrogens is 1. The number of carbonyl (C=O) groups is 2. The number of methoxy groups -OCH3 is 1. The lowest BCUT2D eigenvalue weighted by molar-refractivity contribution is 0.0603. The Morgan fingerprint density at radius 1 is 1.00 bits per heavy atom. The van der Waals surface area contributed by atoms with Crippen LogP contribution in [0.3, 0.4) is 0 Å². The number of hydrogen-bond donors (Lipinski definition) is 2. The summed E-state index contributed by atoms with van der Waals surface area (Å²) in [5.41, 5.74) is 2.40. The minimum absolute atomic E-state index is 0.128. The van der Waals surface area contributed by atoms with Gasteiger partial charge in [-0.1, -0.05) is 24.3 Å². The van der Waals surface area contributed by atoms with Gasteiger partial charge in [-0.15, -0.1) is 0 Å². The molecule has 0 aliphatic rings. The molecule has 34 heavy (non-hydrogen) atoms. The van der Waals surface area contributed by atoms with Gasteiger partial charge in [0, 0.05) is 18.3 Å². The number of benzene rings is 3. The zero-order valence-electron chi connectivity index (χ0n) is 19.5. The Morgan fingerprint density at radius 2 is 1.79 bits per heavy atom. The van der Waals surface area contributed by atoms with Gasteiger partial charge in [0.15, 0.2) is 0 Å². The maximum Gasteiger partial charge on any atom is 0.338 e. The summed E-state index contributed by atoms with van der Waals surface area (Å²) in [7, 11) is 5.33. The van der Waals surface area contributed by atoms with Gasteiger partial charge in [-0.25, -0.2) is 4.79 Å². The van der Waals surface area contributed by atoms with Crippen molar-refractivity contribution in [3.05, 3.63) is 82.3 Å². The van der Waals surface area contributed by atoms with Crippen molar-refractivity contribution < 1.29 is 14.3 Å². The Morgan fingerprint density at radius 3 is 2.56 bits per heavy atom.